The lowest BCUT2D eigenvalue weighted by molar-refractivity contribution is -0.161. The molecule has 0 aliphatic carbocycles. The van der Waals surface area contributed by atoms with Crippen LogP contribution in [0.25, 0.3) is 0 Å². The molecule has 122 valence electrons. The van der Waals surface area contributed by atoms with Gasteiger partial charge in [0.05, 0.1) is 12.0 Å². The summed E-state index contributed by atoms with van der Waals surface area (Å²) >= 11 is 0. The number of carboxylic acids is 1. The van der Waals surface area contributed by atoms with Gasteiger partial charge in [0.2, 0.25) is 6.29 Å². The van der Waals surface area contributed by atoms with Crippen molar-refractivity contribution in [3.63, 3.8) is 0 Å². The van der Waals surface area contributed by atoms with Crippen LogP contribution >= 0.6 is 0 Å². The minimum absolute atomic E-state index is 0.217. The summed E-state index contributed by atoms with van der Waals surface area (Å²) in [5.74, 6) is -1.73. The number of hydrogen-bond donors (Lipinski definition) is 2. The van der Waals surface area contributed by atoms with Crippen LogP contribution in [0.4, 0.5) is 0 Å². The molecule has 0 spiro atoms. The molecule has 6 nitrogen and oxygen atoms in total. The van der Waals surface area contributed by atoms with Gasteiger partial charge in [0.1, 0.15) is 0 Å². The molecule has 0 unspecified atom stereocenters. The van der Waals surface area contributed by atoms with E-state index in [9.17, 15) is 14.7 Å². The molecule has 0 bridgehead atoms. The minimum atomic E-state index is -1.45. The molecular formula is C15H26O6. The van der Waals surface area contributed by atoms with E-state index in [4.69, 9.17) is 14.6 Å². The lowest BCUT2D eigenvalue weighted by Gasteiger charge is -2.28. The van der Waals surface area contributed by atoms with Crippen LogP contribution in [0.2, 0.25) is 0 Å². The van der Waals surface area contributed by atoms with E-state index in [1.165, 1.54) is 0 Å². The van der Waals surface area contributed by atoms with Gasteiger partial charge >= 0.3 is 11.9 Å². The molecule has 0 aromatic rings. The van der Waals surface area contributed by atoms with Gasteiger partial charge in [-0.05, 0) is 33.1 Å². The molecule has 1 aliphatic rings. The summed E-state index contributed by atoms with van der Waals surface area (Å²) in [6, 6.07) is 0. The predicted octanol–water partition coefficient (Wildman–Crippen LogP) is 2.09. The third-order valence-electron chi connectivity index (χ3n) is 3.43. The smallest absolute Gasteiger partial charge is 0.341 e. The van der Waals surface area contributed by atoms with Crippen molar-refractivity contribution >= 4 is 11.9 Å². The van der Waals surface area contributed by atoms with Gasteiger partial charge in [0.25, 0.3) is 0 Å². The van der Waals surface area contributed by atoms with E-state index in [0.29, 0.717) is 12.8 Å². The van der Waals surface area contributed by atoms with Crippen LogP contribution in [0.3, 0.4) is 0 Å². The molecule has 0 radical (unpaired) electrons. The molecule has 1 heterocycles. The Balaban J connectivity index is 2.85. The topological polar surface area (TPSA) is 93.1 Å². The molecule has 1 aliphatic heterocycles. The number of ether oxygens (including phenoxy) is 2. The van der Waals surface area contributed by atoms with E-state index < -0.39 is 41.3 Å². The van der Waals surface area contributed by atoms with Crippen LogP contribution in [-0.4, -0.2) is 39.6 Å². The maximum atomic E-state index is 12.2. The average Bonchev–Trinajstić information content (AvgIpc) is 2.53. The van der Waals surface area contributed by atoms with E-state index in [1.54, 1.807) is 13.8 Å². The third-order valence-corrected chi connectivity index (χ3v) is 3.43. The zero-order valence-electron chi connectivity index (χ0n) is 13.4. The summed E-state index contributed by atoms with van der Waals surface area (Å²) in [5.41, 5.74) is -2.74. The zero-order chi connectivity index (χ0) is 16.5. The summed E-state index contributed by atoms with van der Waals surface area (Å²) in [6.07, 6.45) is -0.0427. The first-order valence-electron chi connectivity index (χ1n) is 7.19. The van der Waals surface area contributed by atoms with Gasteiger partial charge in [-0.2, -0.15) is 0 Å². The first-order valence-corrected chi connectivity index (χ1v) is 7.19. The molecule has 0 saturated carbocycles. The van der Waals surface area contributed by atoms with Crippen molar-refractivity contribution in [1.82, 2.24) is 0 Å². The van der Waals surface area contributed by atoms with Crippen LogP contribution in [-0.2, 0) is 19.1 Å². The minimum Gasteiger partial charge on any atom is -0.481 e. The fourth-order valence-electron chi connectivity index (χ4n) is 2.25. The summed E-state index contributed by atoms with van der Waals surface area (Å²) < 4.78 is 11.0. The molecular weight excluding hydrogens is 276 g/mol. The Hall–Kier alpha value is -1.14. The number of carbonyl (C=O) groups is 2. The van der Waals surface area contributed by atoms with Gasteiger partial charge < -0.3 is 19.7 Å². The highest BCUT2D eigenvalue weighted by atomic mass is 16.8. The third kappa shape index (κ3) is 4.97. The van der Waals surface area contributed by atoms with E-state index in [0.717, 1.165) is 0 Å². The van der Waals surface area contributed by atoms with E-state index >= 15 is 0 Å². The quantitative estimate of drug-likeness (QED) is 0.730. The van der Waals surface area contributed by atoms with Crippen molar-refractivity contribution in [3.8, 4) is 0 Å². The number of rotatable bonds is 6. The maximum absolute atomic E-state index is 12.2. The largest absolute Gasteiger partial charge is 0.481 e. The summed E-state index contributed by atoms with van der Waals surface area (Å²) in [4.78, 5) is 23.3. The zero-order valence-corrected chi connectivity index (χ0v) is 13.4. The Morgan fingerprint density at radius 3 is 2.24 bits per heavy atom. The maximum Gasteiger partial charge on any atom is 0.341 e. The molecule has 2 atom stereocenters. The van der Waals surface area contributed by atoms with Crippen LogP contribution in [0, 0.1) is 5.41 Å². The lowest BCUT2D eigenvalue weighted by atomic mass is 9.90. The molecule has 0 aromatic heterocycles. The van der Waals surface area contributed by atoms with Gasteiger partial charge in [-0.15, -0.1) is 0 Å². The number of aliphatic carboxylic acids is 1. The standard InChI is InChI=1S/C15H26O6/c1-13(2,3)12-20-11(18)15(21-12,9-10(16)17)8-6-7-14(4,5)19/h12,19H,6-9H2,1-5H3,(H,16,17)/t12-,15+/m0/s1. The normalized spacial score (nSPS) is 26.8. The predicted molar refractivity (Wildman–Crippen MR) is 75.6 cm³/mol. The first-order chi connectivity index (χ1) is 9.36. The number of cyclic esters (lactones) is 1. The molecule has 1 saturated heterocycles. The number of hydrogen-bond acceptors (Lipinski definition) is 5. The fraction of sp³-hybridized carbons (Fsp3) is 0.867. The number of carbonyl (C=O) groups excluding carboxylic acids is 1. The van der Waals surface area contributed by atoms with Crippen molar-refractivity contribution in [2.45, 2.75) is 77.8 Å². The molecule has 0 amide bonds. The lowest BCUT2D eigenvalue weighted by Crippen LogP contribution is -2.40. The number of aliphatic hydroxyl groups is 1. The monoisotopic (exact) mass is 302 g/mol. The Kier molecular flexibility index (Phi) is 5.05. The van der Waals surface area contributed by atoms with Gasteiger partial charge in [0.15, 0.2) is 5.60 Å². The van der Waals surface area contributed by atoms with Gasteiger partial charge in [-0.3, -0.25) is 4.79 Å². The van der Waals surface area contributed by atoms with E-state index in [-0.39, 0.29) is 6.42 Å². The number of esters is 1. The SMILES string of the molecule is CC(C)(O)CCC[C@]1(CC(=O)O)O[C@@H](C(C)(C)C)OC1=O. The van der Waals surface area contributed by atoms with Crippen LogP contribution in [0.5, 0.6) is 0 Å². The average molecular weight is 302 g/mol. The Morgan fingerprint density at radius 2 is 1.86 bits per heavy atom. The van der Waals surface area contributed by atoms with Crippen molar-refractivity contribution in [2.75, 3.05) is 0 Å². The second-order valence-electron chi connectivity index (χ2n) is 7.45. The number of carboxylic acid groups (broad SMARTS) is 1. The Labute approximate surface area is 125 Å². The molecule has 1 fully saturated rings. The summed E-state index contributed by atoms with van der Waals surface area (Å²) in [5, 5.41) is 18.8. The van der Waals surface area contributed by atoms with Crippen LogP contribution in [0.15, 0.2) is 0 Å². The Bertz CT molecular complexity index is 403. The van der Waals surface area contributed by atoms with Crippen LogP contribution in [0.1, 0.15) is 60.3 Å². The second-order valence-corrected chi connectivity index (χ2v) is 7.45. The van der Waals surface area contributed by atoms with Crippen molar-refractivity contribution in [1.29, 1.82) is 0 Å². The highest BCUT2D eigenvalue weighted by Gasteiger charge is 2.54. The Morgan fingerprint density at radius 1 is 1.29 bits per heavy atom. The molecule has 2 N–H and O–H groups in total. The van der Waals surface area contributed by atoms with E-state index in [1.807, 2.05) is 20.8 Å². The van der Waals surface area contributed by atoms with Crippen LogP contribution < -0.4 is 0 Å². The summed E-state index contributed by atoms with van der Waals surface area (Å²) in [7, 11) is 0. The molecule has 0 aromatic carbocycles. The van der Waals surface area contributed by atoms with Crippen molar-refractivity contribution in [2.24, 2.45) is 5.41 Å². The highest BCUT2D eigenvalue weighted by molar-refractivity contribution is 5.86. The van der Waals surface area contributed by atoms with Crippen molar-refractivity contribution in [3.05, 3.63) is 0 Å². The fourth-order valence-corrected chi connectivity index (χ4v) is 2.25. The summed E-state index contributed by atoms with van der Waals surface area (Å²) in [6.45, 7) is 8.92. The van der Waals surface area contributed by atoms with Gasteiger partial charge in [0, 0.05) is 5.41 Å². The highest BCUT2D eigenvalue weighted by Crippen LogP contribution is 2.39. The second kappa shape index (κ2) is 5.93. The van der Waals surface area contributed by atoms with Gasteiger partial charge in [-0.1, -0.05) is 20.8 Å². The van der Waals surface area contributed by atoms with E-state index in [2.05, 4.69) is 0 Å². The molecule has 6 heteroatoms. The molecule has 1 rings (SSSR count). The van der Waals surface area contributed by atoms with Gasteiger partial charge in [-0.25, -0.2) is 4.79 Å². The first kappa shape index (κ1) is 17.9. The van der Waals surface area contributed by atoms with Crippen molar-refractivity contribution < 1.29 is 29.3 Å². The molecule has 21 heavy (non-hydrogen) atoms.